The van der Waals surface area contributed by atoms with Crippen molar-refractivity contribution in [1.82, 2.24) is 4.90 Å². The number of nitrogens with zero attached hydrogens (tertiary/aromatic N) is 1. The first-order valence-corrected chi connectivity index (χ1v) is 7.07. The molecule has 104 valence electrons. The Morgan fingerprint density at radius 3 is 2.95 bits per heavy atom. The largest absolute Gasteiger partial charge is 0.391 e. The molecule has 2 rings (SSSR count). The van der Waals surface area contributed by atoms with E-state index in [-0.39, 0.29) is 12.0 Å². The molecular formula is C16H23NO2. The number of carbonyl (C=O) groups is 1. The van der Waals surface area contributed by atoms with Crippen LogP contribution in [-0.4, -0.2) is 35.1 Å². The van der Waals surface area contributed by atoms with E-state index in [1.165, 1.54) is 11.1 Å². The number of amides is 1. The van der Waals surface area contributed by atoms with E-state index in [1.807, 2.05) is 13.0 Å². The molecule has 1 N–H and O–H groups in total. The Hall–Kier alpha value is -1.35. The lowest BCUT2D eigenvalue weighted by atomic mass is 9.95. The van der Waals surface area contributed by atoms with Crippen LogP contribution in [-0.2, 0) is 11.2 Å². The molecule has 3 heteroatoms. The van der Waals surface area contributed by atoms with Crippen LogP contribution < -0.4 is 0 Å². The predicted molar refractivity (Wildman–Crippen MR) is 75.9 cm³/mol. The summed E-state index contributed by atoms with van der Waals surface area (Å²) in [6.07, 6.45) is 1.85. The van der Waals surface area contributed by atoms with Gasteiger partial charge in [-0.15, -0.1) is 0 Å². The Labute approximate surface area is 115 Å². The molecule has 2 atom stereocenters. The molecule has 1 aromatic rings. The molecule has 0 aliphatic carbocycles. The Kier molecular flexibility index (Phi) is 4.59. The van der Waals surface area contributed by atoms with Gasteiger partial charge in [0, 0.05) is 19.5 Å². The maximum Gasteiger partial charge on any atom is 0.222 e. The Morgan fingerprint density at radius 2 is 2.26 bits per heavy atom. The average Bonchev–Trinajstić information content (AvgIpc) is 2.39. The fourth-order valence-corrected chi connectivity index (χ4v) is 2.55. The average molecular weight is 261 g/mol. The van der Waals surface area contributed by atoms with Crippen molar-refractivity contribution in [3.63, 3.8) is 0 Å². The van der Waals surface area contributed by atoms with Crippen LogP contribution >= 0.6 is 0 Å². The molecule has 0 bridgehead atoms. The Bertz CT molecular complexity index is 444. The summed E-state index contributed by atoms with van der Waals surface area (Å²) >= 11 is 0. The minimum atomic E-state index is -0.364. The maximum absolute atomic E-state index is 12.1. The van der Waals surface area contributed by atoms with Gasteiger partial charge in [-0.05, 0) is 31.2 Å². The van der Waals surface area contributed by atoms with Crippen LogP contribution in [0.25, 0.3) is 0 Å². The lowest BCUT2D eigenvalue weighted by molar-refractivity contribution is -0.135. The summed E-state index contributed by atoms with van der Waals surface area (Å²) in [5.41, 5.74) is 2.44. The summed E-state index contributed by atoms with van der Waals surface area (Å²) in [5, 5.41) is 9.82. The lowest BCUT2D eigenvalue weighted by Crippen LogP contribution is -2.45. The quantitative estimate of drug-likeness (QED) is 0.905. The molecule has 1 aliphatic heterocycles. The highest BCUT2D eigenvalue weighted by molar-refractivity contribution is 5.76. The van der Waals surface area contributed by atoms with Crippen molar-refractivity contribution in [1.29, 1.82) is 0 Å². The molecule has 1 fully saturated rings. The lowest BCUT2D eigenvalue weighted by Gasteiger charge is -2.34. The molecule has 0 spiro atoms. The minimum Gasteiger partial charge on any atom is -0.391 e. The molecule has 2 unspecified atom stereocenters. The molecule has 1 saturated heterocycles. The molecular weight excluding hydrogens is 238 g/mol. The van der Waals surface area contributed by atoms with Gasteiger partial charge in [0.1, 0.15) is 0 Å². The first kappa shape index (κ1) is 14.1. The topological polar surface area (TPSA) is 40.5 Å². The van der Waals surface area contributed by atoms with E-state index in [9.17, 15) is 9.90 Å². The smallest absolute Gasteiger partial charge is 0.222 e. The fraction of sp³-hybridized carbons (Fsp3) is 0.562. The second-order valence-corrected chi connectivity index (χ2v) is 5.66. The zero-order valence-electron chi connectivity index (χ0n) is 11.8. The maximum atomic E-state index is 12.1. The first-order chi connectivity index (χ1) is 9.06. The summed E-state index contributed by atoms with van der Waals surface area (Å²) < 4.78 is 0. The highest BCUT2D eigenvalue weighted by Gasteiger charge is 2.26. The van der Waals surface area contributed by atoms with Crippen LogP contribution in [0.15, 0.2) is 24.3 Å². The van der Waals surface area contributed by atoms with Crippen LogP contribution in [0.4, 0.5) is 0 Å². The number of rotatable bonds is 3. The van der Waals surface area contributed by atoms with Gasteiger partial charge in [-0.25, -0.2) is 0 Å². The fourth-order valence-electron chi connectivity index (χ4n) is 2.55. The molecule has 19 heavy (non-hydrogen) atoms. The van der Waals surface area contributed by atoms with Gasteiger partial charge >= 0.3 is 0 Å². The first-order valence-electron chi connectivity index (χ1n) is 7.07. The molecule has 0 radical (unpaired) electrons. The van der Waals surface area contributed by atoms with Crippen molar-refractivity contribution >= 4 is 5.91 Å². The summed E-state index contributed by atoms with van der Waals surface area (Å²) in [6, 6.07) is 8.28. The summed E-state index contributed by atoms with van der Waals surface area (Å²) in [6.45, 7) is 5.38. The minimum absolute atomic E-state index is 0.160. The normalized spacial score (nSPS) is 23.4. The summed E-state index contributed by atoms with van der Waals surface area (Å²) in [5.74, 6) is 0.466. The summed E-state index contributed by atoms with van der Waals surface area (Å²) in [7, 11) is 0. The number of aliphatic hydroxyl groups is 1. The molecule has 0 saturated carbocycles. The van der Waals surface area contributed by atoms with E-state index >= 15 is 0 Å². The zero-order chi connectivity index (χ0) is 13.8. The predicted octanol–water partition coefficient (Wildman–Crippen LogP) is 2.16. The number of benzene rings is 1. The molecule has 1 aromatic carbocycles. The third kappa shape index (κ3) is 3.80. The molecule has 3 nitrogen and oxygen atoms in total. The second-order valence-electron chi connectivity index (χ2n) is 5.66. The second kappa shape index (κ2) is 6.20. The number of β-amino-alcohol motifs (C(OH)–C–C–N with tert-alkyl or cyclic N) is 1. The van der Waals surface area contributed by atoms with E-state index in [4.69, 9.17) is 0 Å². The number of hydrogen-bond donors (Lipinski definition) is 1. The van der Waals surface area contributed by atoms with Gasteiger partial charge in [0.05, 0.1) is 6.10 Å². The van der Waals surface area contributed by atoms with E-state index in [2.05, 4.69) is 25.1 Å². The van der Waals surface area contributed by atoms with E-state index in [0.717, 1.165) is 19.4 Å². The van der Waals surface area contributed by atoms with Gasteiger partial charge in [-0.3, -0.25) is 4.79 Å². The Balaban J connectivity index is 1.84. The van der Waals surface area contributed by atoms with Crippen LogP contribution in [0.3, 0.4) is 0 Å². The van der Waals surface area contributed by atoms with Crippen LogP contribution in [0.1, 0.15) is 30.9 Å². The monoisotopic (exact) mass is 261 g/mol. The summed E-state index contributed by atoms with van der Waals surface area (Å²) in [4.78, 5) is 13.9. The van der Waals surface area contributed by atoms with Gasteiger partial charge in [0.15, 0.2) is 0 Å². The van der Waals surface area contributed by atoms with E-state index < -0.39 is 0 Å². The SMILES string of the molecule is Cc1cccc(CCC(=O)N2CCC(C)C(O)C2)c1. The zero-order valence-corrected chi connectivity index (χ0v) is 11.8. The highest BCUT2D eigenvalue weighted by Crippen LogP contribution is 2.18. The number of hydrogen-bond acceptors (Lipinski definition) is 2. The van der Waals surface area contributed by atoms with Crippen molar-refractivity contribution in [3.8, 4) is 0 Å². The van der Waals surface area contributed by atoms with Gasteiger partial charge in [-0.2, -0.15) is 0 Å². The van der Waals surface area contributed by atoms with Gasteiger partial charge in [0.25, 0.3) is 0 Å². The molecule has 1 heterocycles. The number of aryl methyl sites for hydroxylation is 2. The van der Waals surface area contributed by atoms with Crippen LogP contribution in [0.5, 0.6) is 0 Å². The van der Waals surface area contributed by atoms with Crippen molar-refractivity contribution in [2.24, 2.45) is 5.92 Å². The third-order valence-corrected chi connectivity index (χ3v) is 3.98. The highest BCUT2D eigenvalue weighted by atomic mass is 16.3. The van der Waals surface area contributed by atoms with Crippen LogP contribution in [0.2, 0.25) is 0 Å². The molecule has 1 amide bonds. The van der Waals surface area contributed by atoms with Crippen LogP contribution in [0, 0.1) is 12.8 Å². The van der Waals surface area contributed by atoms with Crippen molar-refractivity contribution in [3.05, 3.63) is 35.4 Å². The molecule has 1 aliphatic rings. The number of carbonyl (C=O) groups excluding carboxylic acids is 1. The Morgan fingerprint density at radius 1 is 1.47 bits per heavy atom. The number of piperidine rings is 1. The molecule has 0 aromatic heterocycles. The van der Waals surface area contributed by atoms with Gasteiger partial charge in [0.2, 0.25) is 5.91 Å². The van der Waals surface area contributed by atoms with E-state index in [1.54, 1.807) is 4.90 Å². The standard InChI is InChI=1S/C16H23NO2/c1-12-4-3-5-14(10-12)6-7-16(19)17-9-8-13(2)15(18)11-17/h3-5,10,13,15,18H,6-9,11H2,1-2H3. The number of likely N-dealkylation sites (tertiary alicyclic amines) is 1. The van der Waals surface area contributed by atoms with Crippen molar-refractivity contribution in [2.45, 2.75) is 39.2 Å². The van der Waals surface area contributed by atoms with Gasteiger partial charge < -0.3 is 10.0 Å². The third-order valence-electron chi connectivity index (χ3n) is 3.98. The van der Waals surface area contributed by atoms with Crippen molar-refractivity contribution < 1.29 is 9.90 Å². The number of aliphatic hydroxyl groups excluding tert-OH is 1. The van der Waals surface area contributed by atoms with Gasteiger partial charge in [-0.1, -0.05) is 36.8 Å². The van der Waals surface area contributed by atoms with Crippen molar-refractivity contribution in [2.75, 3.05) is 13.1 Å². The van der Waals surface area contributed by atoms with E-state index in [0.29, 0.717) is 18.9 Å².